The maximum Gasteiger partial charge on any atom is 0.276 e. The number of hydrogen-bond acceptors (Lipinski definition) is 4. The molecule has 1 aromatic heterocycles. The Bertz CT molecular complexity index is 1110. The molecule has 30 heavy (non-hydrogen) atoms. The quantitative estimate of drug-likeness (QED) is 0.715. The van der Waals surface area contributed by atoms with Crippen LogP contribution < -0.4 is 5.43 Å². The first kappa shape index (κ1) is 21.2. The van der Waals surface area contributed by atoms with Gasteiger partial charge in [0.25, 0.3) is 5.91 Å². The number of aromatic hydroxyl groups is 1. The van der Waals surface area contributed by atoms with Gasteiger partial charge in [0.2, 0.25) is 5.43 Å². The van der Waals surface area contributed by atoms with Crippen molar-refractivity contribution in [2.75, 3.05) is 13.1 Å². The summed E-state index contributed by atoms with van der Waals surface area (Å²) in [5, 5.41) is 14.5. The van der Waals surface area contributed by atoms with Crippen LogP contribution >= 0.6 is 0 Å². The summed E-state index contributed by atoms with van der Waals surface area (Å²) in [7, 11) is 0. The highest BCUT2D eigenvalue weighted by Crippen LogP contribution is 2.39. The Balaban J connectivity index is 0.00000256. The third kappa shape index (κ3) is 3.58. The summed E-state index contributed by atoms with van der Waals surface area (Å²) in [5.74, 6) is -1.77. The molecule has 7 heteroatoms. The Morgan fingerprint density at radius 3 is 2.50 bits per heavy atom. The Labute approximate surface area is 174 Å². The van der Waals surface area contributed by atoms with Crippen LogP contribution in [0.2, 0.25) is 0 Å². The molecule has 3 aromatic rings. The number of carbonyl (C=O) groups excluding carboxylic acids is 1. The van der Waals surface area contributed by atoms with E-state index in [1.165, 1.54) is 16.8 Å². The van der Waals surface area contributed by atoms with Crippen LogP contribution in [0.25, 0.3) is 0 Å². The number of halogens is 1. The van der Waals surface area contributed by atoms with Gasteiger partial charge in [0.15, 0.2) is 11.4 Å². The first-order chi connectivity index (χ1) is 14.0. The van der Waals surface area contributed by atoms with Crippen molar-refractivity contribution in [3.63, 3.8) is 0 Å². The summed E-state index contributed by atoms with van der Waals surface area (Å²) in [4.78, 5) is 26.3. The Kier molecular flexibility index (Phi) is 6.01. The second-order valence-corrected chi connectivity index (χ2v) is 7.01. The fraction of sp³-hybridized carbons (Fsp3) is 0.261. The molecule has 0 saturated heterocycles. The minimum Gasteiger partial charge on any atom is -0.502 e. The van der Waals surface area contributed by atoms with Crippen LogP contribution in [-0.2, 0) is 0 Å². The average Bonchev–Trinajstić information content (AvgIpc) is 2.73. The number of nitrogens with zero attached hydrogens (tertiary/aromatic N) is 3. The predicted molar refractivity (Wildman–Crippen MR) is 112 cm³/mol. The van der Waals surface area contributed by atoms with Crippen LogP contribution in [0.15, 0.2) is 65.6 Å². The number of carbonyl (C=O) groups is 1. The lowest BCUT2D eigenvalue weighted by molar-refractivity contribution is 0.0646. The van der Waals surface area contributed by atoms with E-state index in [0.29, 0.717) is 13.1 Å². The Morgan fingerprint density at radius 2 is 1.83 bits per heavy atom. The van der Waals surface area contributed by atoms with E-state index in [1.807, 2.05) is 43.3 Å². The molecule has 2 aromatic carbocycles. The van der Waals surface area contributed by atoms with Crippen LogP contribution in [0.4, 0.5) is 4.39 Å². The van der Waals surface area contributed by atoms with Crippen molar-refractivity contribution in [1.29, 1.82) is 0 Å². The van der Waals surface area contributed by atoms with E-state index >= 15 is 0 Å². The number of amides is 1. The van der Waals surface area contributed by atoms with Crippen molar-refractivity contribution in [1.82, 2.24) is 14.7 Å². The summed E-state index contributed by atoms with van der Waals surface area (Å²) in [5.41, 5.74) is 0.799. The second kappa shape index (κ2) is 8.49. The number of rotatable bonds is 4. The van der Waals surface area contributed by atoms with Crippen LogP contribution in [0, 0.1) is 5.82 Å². The van der Waals surface area contributed by atoms with Gasteiger partial charge in [0, 0.05) is 19.0 Å². The van der Waals surface area contributed by atoms with E-state index in [0.717, 1.165) is 17.3 Å². The molecule has 156 valence electrons. The van der Waals surface area contributed by atoms with Gasteiger partial charge >= 0.3 is 0 Å². The lowest BCUT2D eigenvalue weighted by Gasteiger charge is -2.38. The number of aromatic nitrogens is 2. The maximum absolute atomic E-state index is 14.1. The fourth-order valence-electron chi connectivity index (χ4n) is 3.96. The molecule has 1 aliphatic heterocycles. The molecule has 1 N–H and O–H groups in total. The summed E-state index contributed by atoms with van der Waals surface area (Å²) < 4.78 is 15.5. The topological polar surface area (TPSA) is 75.4 Å². The Hall–Kier alpha value is -3.48. The third-order valence-electron chi connectivity index (χ3n) is 5.33. The monoisotopic (exact) mass is 409 g/mol. The van der Waals surface area contributed by atoms with Crippen molar-refractivity contribution < 1.29 is 14.3 Å². The van der Waals surface area contributed by atoms with Gasteiger partial charge in [-0.05, 0) is 30.2 Å². The largest absolute Gasteiger partial charge is 0.502 e. The zero-order valence-corrected chi connectivity index (χ0v) is 15.8. The molecule has 4 rings (SSSR count). The number of benzene rings is 2. The normalized spacial score (nSPS) is 16.5. The smallest absolute Gasteiger partial charge is 0.276 e. The minimum absolute atomic E-state index is 0. The molecule has 0 spiro atoms. The van der Waals surface area contributed by atoms with Crippen LogP contribution in [-0.4, -0.2) is 38.8 Å². The van der Waals surface area contributed by atoms with Crippen molar-refractivity contribution in [2.24, 2.45) is 0 Å². The summed E-state index contributed by atoms with van der Waals surface area (Å²) in [6.07, 6.45) is 1.01. The molecule has 2 heterocycles. The zero-order valence-electron chi connectivity index (χ0n) is 15.8. The van der Waals surface area contributed by atoms with E-state index in [1.54, 1.807) is 11.0 Å². The molecule has 6 nitrogen and oxygen atoms in total. The van der Waals surface area contributed by atoms with Gasteiger partial charge in [0.05, 0.1) is 12.2 Å². The van der Waals surface area contributed by atoms with Crippen molar-refractivity contribution in [2.45, 2.75) is 26.3 Å². The van der Waals surface area contributed by atoms with Gasteiger partial charge < -0.3 is 10.0 Å². The van der Waals surface area contributed by atoms with Crippen LogP contribution in [0.5, 0.6) is 5.75 Å². The first-order valence-electron chi connectivity index (χ1n) is 9.41. The van der Waals surface area contributed by atoms with E-state index < -0.39 is 23.1 Å². The zero-order chi connectivity index (χ0) is 20.5. The van der Waals surface area contributed by atoms with E-state index in [4.69, 9.17) is 0 Å². The lowest BCUT2D eigenvalue weighted by Crippen LogP contribution is -2.46. The van der Waals surface area contributed by atoms with Crippen LogP contribution in [0.3, 0.4) is 0 Å². The van der Waals surface area contributed by atoms with Gasteiger partial charge in [-0.25, -0.2) is 4.39 Å². The molecule has 1 aliphatic rings. The van der Waals surface area contributed by atoms with Crippen LogP contribution in [0.1, 0.15) is 47.9 Å². The molecule has 0 fully saturated rings. The fourth-order valence-corrected chi connectivity index (χ4v) is 3.96. The predicted octanol–water partition coefficient (Wildman–Crippen LogP) is 3.57. The van der Waals surface area contributed by atoms with Gasteiger partial charge in [-0.3, -0.25) is 14.3 Å². The first-order valence-corrected chi connectivity index (χ1v) is 9.41. The van der Waals surface area contributed by atoms with Gasteiger partial charge in [-0.15, -0.1) is 0 Å². The SMILES string of the molecule is C.CCN1CC(C(c2ccccc2)c2cccc(F)c2)n2ncc(=O)c(O)c2C1=O. The van der Waals surface area contributed by atoms with Crippen molar-refractivity contribution >= 4 is 5.91 Å². The molecule has 0 radical (unpaired) electrons. The maximum atomic E-state index is 14.1. The highest BCUT2D eigenvalue weighted by atomic mass is 19.1. The second-order valence-electron chi connectivity index (χ2n) is 7.01. The number of likely N-dealkylation sites (N-methyl/N-ethyl adjacent to an activating group) is 1. The van der Waals surface area contributed by atoms with Gasteiger partial charge in [-0.2, -0.15) is 5.10 Å². The molecule has 0 saturated carbocycles. The molecule has 0 aliphatic carbocycles. The van der Waals surface area contributed by atoms with E-state index in [-0.39, 0.29) is 24.9 Å². The molecule has 1 amide bonds. The summed E-state index contributed by atoms with van der Waals surface area (Å²) >= 11 is 0. The number of fused-ring (bicyclic) bond motifs is 1. The van der Waals surface area contributed by atoms with Crippen molar-refractivity contribution in [3.05, 3.63) is 93.7 Å². The van der Waals surface area contributed by atoms with Crippen molar-refractivity contribution in [3.8, 4) is 5.75 Å². The lowest BCUT2D eigenvalue weighted by atomic mass is 9.83. The minimum atomic E-state index is -0.705. The molecular weight excluding hydrogens is 385 g/mol. The third-order valence-corrected chi connectivity index (χ3v) is 5.33. The standard InChI is InChI=1S/C22H20FN3O3.CH4/c1-2-25-13-17(26-20(22(25)29)21(28)18(27)12-24-26)19(14-7-4-3-5-8-14)15-9-6-10-16(23)11-15;/h3-12,17,19,28H,2,13H2,1H3;1H4. The summed E-state index contributed by atoms with van der Waals surface area (Å²) in [6.45, 7) is 2.55. The summed E-state index contributed by atoms with van der Waals surface area (Å²) in [6, 6.07) is 15.4. The van der Waals surface area contributed by atoms with Gasteiger partial charge in [-0.1, -0.05) is 49.9 Å². The average molecular weight is 409 g/mol. The van der Waals surface area contributed by atoms with Gasteiger partial charge in [0.1, 0.15) is 5.82 Å². The Morgan fingerprint density at radius 1 is 1.13 bits per heavy atom. The molecule has 2 unspecified atom stereocenters. The highest BCUT2D eigenvalue weighted by Gasteiger charge is 2.39. The number of hydrogen-bond donors (Lipinski definition) is 1. The molecular formula is C23H24FN3O3. The molecule has 2 atom stereocenters. The highest BCUT2D eigenvalue weighted by molar-refractivity contribution is 5.95. The van der Waals surface area contributed by atoms with E-state index in [9.17, 15) is 19.1 Å². The van der Waals surface area contributed by atoms with E-state index in [2.05, 4.69) is 5.10 Å². The molecule has 0 bridgehead atoms.